The number of hydrogen-bond donors (Lipinski definition) is 0. The van der Waals surface area contributed by atoms with E-state index in [0.29, 0.717) is 30.6 Å². The van der Waals surface area contributed by atoms with Crippen LogP contribution in [-0.2, 0) is 17.9 Å². The van der Waals surface area contributed by atoms with Gasteiger partial charge in [0, 0.05) is 10.0 Å². The van der Waals surface area contributed by atoms with E-state index in [1.807, 2.05) is 53.2 Å². The highest BCUT2D eigenvalue weighted by atomic mass is 79.9. The van der Waals surface area contributed by atoms with Crippen LogP contribution >= 0.6 is 15.9 Å². The Morgan fingerprint density at radius 3 is 2.93 bits per heavy atom. The topological polar surface area (TPSA) is 88.1 Å². The van der Waals surface area contributed by atoms with E-state index in [4.69, 9.17) is 14.0 Å². The third-order valence-electron chi connectivity index (χ3n) is 4.81. The summed E-state index contributed by atoms with van der Waals surface area (Å²) < 4.78 is 19.5. The maximum Gasteiger partial charge on any atom is 0.280 e. The Labute approximate surface area is 174 Å². The number of ether oxygens (including phenoxy) is 2. The van der Waals surface area contributed by atoms with Crippen LogP contribution in [0, 0.1) is 0 Å². The third kappa shape index (κ3) is 3.32. The highest BCUT2D eigenvalue weighted by Gasteiger charge is 2.28. The number of benzene rings is 2. The lowest BCUT2D eigenvalue weighted by atomic mass is 10.1. The van der Waals surface area contributed by atoms with Crippen LogP contribution in [0.25, 0.3) is 23.0 Å². The zero-order valence-electron chi connectivity index (χ0n) is 15.4. The Balaban J connectivity index is 1.42. The van der Waals surface area contributed by atoms with E-state index in [1.54, 1.807) is 7.11 Å². The van der Waals surface area contributed by atoms with Gasteiger partial charge in [-0.3, -0.25) is 0 Å². The molecule has 0 unspecified atom stereocenters. The molecule has 0 N–H and O–H groups in total. The molecular weight excluding hydrogens is 438 g/mol. The second-order valence-corrected chi connectivity index (χ2v) is 7.40. The van der Waals surface area contributed by atoms with E-state index in [0.717, 1.165) is 27.0 Å². The molecule has 2 aromatic carbocycles. The molecule has 0 aliphatic carbocycles. The quantitative estimate of drug-likeness (QED) is 0.460. The Hall–Kier alpha value is -3.04. The van der Waals surface area contributed by atoms with Gasteiger partial charge in [-0.1, -0.05) is 50.6 Å². The minimum atomic E-state index is -0.134. The third-order valence-corrected chi connectivity index (χ3v) is 5.50. The standard InChI is InChI=1S/C20H16BrN5O3/c1-27-13-6-4-5-12(9-13)17-10-26-16(11-28-17)18(23-25-26)20-22-19(24-29-20)14-7-2-3-8-15(14)21/h2-9,17H,10-11H2,1H3/t17-/m0/s1. The maximum atomic E-state index is 6.07. The van der Waals surface area contributed by atoms with Crippen molar-refractivity contribution in [1.82, 2.24) is 25.1 Å². The molecule has 3 heterocycles. The van der Waals surface area contributed by atoms with Crippen LogP contribution in [0.2, 0.25) is 0 Å². The molecule has 0 bridgehead atoms. The van der Waals surface area contributed by atoms with Crippen LogP contribution in [0.3, 0.4) is 0 Å². The average molecular weight is 454 g/mol. The summed E-state index contributed by atoms with van der Waals surface area (Å²) in [5, 5.41) is 12.6. The molecule has 0 radical (unpaired) electrons. The van der Waals surface area contributed by atoms with Crippen molar-refractivity contribution >= 4 is 15.9 Å². The molecule has 29 heavy (non-hydrogen) atoms. The number of methoxy groups -OCH3 is 1. The van der Waals surface area contributed by atoms with Gasteiger partial charge in [0.15, 0.2) is 5.69 Å². The van der Waals surface area contributed by atoms with E-state index in [-0.39, 0.29) is 6.10 Å². The summed E-state index contributed by atoms with van der Waals surface area (Å²) in [5.41, 5.74) is 3.23. The molecule has 146 valence electrons. The number of nitrogens with zero attached hydrogens (tertiary/aromatic N) is 5. The number of fused-ring (bicyclic) bond motifs is 1. The summed E-state index contributed by atoms with van der Waals surface area (Å²) in [6.45, 7) is 0.887. The highest BCUT2D eigenvalue weighted by Crippen LogP contribution is 2.32. The summed E-state index contributed by atoms with van der Waals surface area (Å²) in [6.07, 6.45) is -0.134. The van der Waals surface area contributed by atoms with Gasteiger partial charge in [0.25, 0.3) is 5.89 Å². The van der Waals surface area contributed by atoms with Gasteiger partial charge in [0.05, 0.1) is 26.0 Å². The van der Waals surface area contributed by atoms with Crippen molar-refractivity contribution in [2.45, 2.75) is 19.3 Å². The van der Waals surface area contributed by atoms with E-state index >= 15 is 0 Å². The molecule has 4 aromatic rings. The molecule has 0 spiro atoms. The van der Waals surface area contributed by atoms with Crippen molar-refractivity contribution in [2.75, 3.05) is 7.11 Å². The minimum Gasteiger partial charge on any atom is -0.497 e. The first kappa shape index (κ1) is 18.0. The molecular formula is C20H16BrN5O3. The smallest absolute Gasteiger partial charge is 0.280 e. The summed E-state index contributed by atoms with van der Waals surface area (Å²) in [4.78, 5) is 4.50. The van der Waals surface area contributed by atoms with Gasteiger partial charge in [-0.25, -0.2) is 4.68 Å². The zero-order chi connectivity index (χ0) is 19.8. The monoisotopic (exact) mass is 453 g/mol. The fourth-order valence-corrected chi connectivity index (χ4v) is 3.75. The van der Waals surface area contributed by atoms with Gasteiger partial charge < -0.3 is 14.0 Å². The summed E-state index contributed by atoms with van der Waals surface area (Å²) in [6, 6.07) is 15.5. The molecule has 1 aliphatic heterocycles. The first-order chi connectivity index (χ1) is 14.2. The van der Waals surface area contributed by atoms with Gasteiger partial charge in [0.2, 0.25) is 5.82 Å². The van der Waals surface area contributed by atoms with Crippen molar-refractivity contribution in [1.29, 1.82) is 0 Å². The van der Waals surface area contributed by atoms with Crippen LogP contribution < -0.4 is 4.74 Å². The number of halogens is 1. The summed E-state index contributed by atoms with van der Waals surface area (Å²) >= 11 is 3.51. The molecule has 0 saturated heterocycles. The van der Waals surface area contributed by atoms with Gasteiger partial charge in [-0.15, -0.1) is 5.10 Å². The Kier molecular flexibility index (Phi) is 4.61. The van der Waals surface area contributed by atoms with Gasteiger partial charge in [-0.2, -0.15) is 4.98 Å². The van der Waals surface area contributed by atoms with E-state index < -0.39 is 0 Å². The van der Waals surface area contributed by atoms with E-state index in [9.17, 15) is 0 Å². The molecule has 8 nitrogen and oxygen atoms in total. The lowest BCUT2D eigenvalue weighted by Crippen LogP contribution is -2.22. The first-order valence-corrected chi connectivity index (χ1v) is 9.79. The number of hydrogen-bond acceptors (Lipinski definition) is 7. The fourth-order valence-electron chi connectivity index (χ4n) is 3.29. The maximum absolute atomic E-state index is 6.07. The molecule has 0 fully saturated rings. The Bertz CT molecular complexity index is 1170. The number of rotatable bonds is 4. The van der Waals surface area contributed by atoms with Crippen LogP contribution in [0.4, 0.5) is 0 Å². The lowest BCUT2D eigenvalue weighted by Gasteiger charge is -2.24. The minimum absolute atomic E-state index is 0.134. The Morgan fingerprint density at radius 1 is 1.17 bits per heavy atom. The second-order valence-electron chi connectivity index (χ2n) is 6.55. The van der Waals surface area contributed by atoms with Gasteiger partial charge >= 0.3 is 0 Å². The molecule has 9 heteroatoms. The Morgan fingerprint density at radius 2 is 2.07 bits per heavy atom. The molecule has 0 saturated carbocycles. The molecule has 5 rings (SSSR count). The predicted molar refractivity (Wildman–Crippen MR) is 107 cm³/mol. The van der Waals surface area contributed by atoms with E-state index in [2.05, 4.69) is 36.4 Å². The molecule has 1 aliphatic rings. The SMILES string of the molecule is COc1cccc([C@@H]2Cn3nnc(-c4nc(-c5ccccc5Br)no4)c3CO2)c1. The molecule has 0 amide bonds. The van der Waals surface area contributed by atoms with Crippen LogP contribution in [-0.4, -0.2) is 32.2 Å². The normalized spacial score (nSPS) is 15.9. The molecule has 2 aromatic heterocycles. The van der Waals surface area contributed by atoms with Crippen LogP contribution in [0.15, 0.2) is 57.5 Å². The number of aromatic nitrogens is 5. The van der Waals surface area contributed by atoms with Crippen LogP contribution in [0.5, 0.6) is 5.75 Å². The summed E-state index contributed by atoms with van der Waals surface area (Å²) in [7, 11) is 1.65. The molecule has 1 atom stereocenters. The predicted octanol–water partition coefficient (Wildman–Crippen LogP) is 4.04. The van der Waals surface area contributed by atoms with Crippen molar-refractivity contribution in [3.8, 4) is 28.7 Å². The van der Waals surface area contributed by atoms with Crippen molar-refractivity contribution in [3.05, 3.63) is 64.3 Å². The van der Waals surface area contributed by atoms with Gasteiger partial charge in [-0.05, 0) is 29.8 Å². The van der Waals surface area contributed by atoms with Crippen molar-refractivity contribution < 1.29 is 14.0 Å². The lowest BCUT2D eigenvalue weighted by molar-refractivity contribution is -0.00127. The second kappa shape index (κ2) is 7.41. The largest absolute Gasteiger partial charge is 0.497 e. The first-order valence-electron chi connectivity index (χ1n) is 9.00. The summed E-state index contributed by atoms with van der Waals surface area (Å²) in [5.74, 6) is 1.60. The average Bonchev–Trinajstić information content (AvgIpc) is 3.40. The zero-order valence-corrected chi connectivity index (χ0v) is 17.0. The van der Waals surface area contributed by atoms with Crippen molar-refractivity contribution in [2.24, 2.45) is 0 Å². The van der Waals surface area contributed by atoms with E-state index in [1.165, 1.54) is 0 Å². The van der Waals surface area contributed by atoms with Gasteiger partial charge in [0.1, 0.15) is 11.9 Å². The highest BCUT2D eigenvalue weighted by molar-refractivity contribution is 9.10. The fraction of sp³-hybridized carbons (Fsp3) is 0.200. The van der Waals surface area contributed by atoms with Crippen LogP contribution in [0.1, 0.15) is 17.4 Å². The van der Waals surface area contributed by atoms with Crippen molar-refractivity contribution in [3.63, 3.8) is 0 Å².